The maximum Gasteiger partial charge on any atom is 0.434 e. The molecule has 0 atom stereocenters. The van der Waals surface area contributed by atoms with Crippen molar-refractivity contribution in [2.75, 3.05) is 14.2 Å². The molecule has 1 fully saturated rings. The summed E-state index contributed by atoms with van der Waals surface area (Å²) in [5.74, 6) is 1.86. The lowest BCUT2D eigenvalue weighted by Gasteiger charge is -2.14. The number of benzene rings is 1. The molecule has 0 spiro atoms. The average molecular weight is 527 g/mol. The van der Waals surface area contributed by atoms with Crippen molar-refractivity contribution in [2.45, 2.75) is 38.5 Å². The number of alkyl halides is 3. The molecule has 0 saturated heterocycles. The second-order valence-corrected chi connectivity index (χ2v) is 8.98. The number of rotatable bonds is 8. The molecule has 12 heteroatoms. The number of hydrogen-bond acceptors (Lipinski definition) is 8. The van der Waals surface area contributed by atoms with E-state index < -0.39 is 11.9 Å². The standard InChI is InChI=1S/C26H25F3N6O3/c1-14-9-15(5-8-17(14)23-33-19(11-35(23)2)26(27,28)29)12-38-24-18(36-3)10-30-22(34-24)20-21(16-6-7-16)31-13-32-25(20)37-4/h5,8-11,13,16H,6-7,12H2,1-4H3. The Labute approximate surface area is 216 Å². The molecular formula is C26H25F3N6O3. The van der Waals surface area contributed by atoms with Crippen LogP contribution < -0.4 is 14.2 Å². The molecule has 198 valence electrons. The highest BCUT2D eigenvalue weighted by Crippen LogP contribution is 2.45. The number of hydrogen-bond donors (Lipinski definition) is 0. The molecule has 4 aromatic rings. The zero-order valence-electron chi connectivity index (χ0n) is 21.2. The Hall–Kier alpha value is -4.22. The lowest BCUT2D eigenvalue weighted by Crippen LogP contribution is -2.05. The Morgan fingerprint density at radius 3 is 2.45 bits per heavy atom. The number of aromatic nitrogens is 6. The van der Waals surface area contributed by atoms with Crippen LogP contribution in [0.3, 0.4) is 0 Å². The van der Waals surface area contributed by atoms with E-state index in [2.05, 4.69) is 24.9 Å². The maximum absolute atomic E-state index is 13.1. The first-order valence-electron chi connectivity index (χ1n) is 11.8. The zero-order valence-corrected chi connectivity index (χ0v) is 21.2. The number of halogens is 3. The van der Waals surface area contributed by atoms with Gasteiger partial charge in [-0.15, -0.1) is 0 Å². The number of ether oxygens (including phenoxy) is 3. The number of methoxy groups -OCH3 is 2. The van der Waals surface area contributed by atoms with Crippen LogP contribution in [0.1, 0.15) is 41.3 Å². The highest BCUT2D eigenvalue weighted by atomic mass is 19.4. The summed E-state index contributed by atoms with van der Waals surface area (Å²) < 4.78 is 57.5. The minimum Gasteiger partial charge on any atom is -0.490 e. The van der Waals surface area contributed by atoms with Gasteiger partial charge in [0.2, 0.25) is 5.88 Å². The van der Waals surface area contributed by atoms with Crippen molar-refractivity contribution in [3.05, 3.63) is 59.4 Å². The SMILES string of the molecule is COc1cnc(-c2c(OC)ncnc2C2CC2)nc1OCc1ccc(-c2nc(C(F)(F)F)cn2C)c(C)c1. The molecule has 0 N–H and O–H groups in total. The van der Waals surface area contributed by atoms with E-state index in [1.807, 2.05) is 13.0 Å². The average Bonchev–Trinajstić information content (AvgIpc) is 3.67. The van der Waals surface area contributed by atoms with Gasteiger partial charge in [-0.05, 0) is 30.9 Å². The van der Waals surface area contributed by atoms with Gasteiger partial charge in [0, 0.05) is 24.7 Å². The molecule has 9 nitrogen and oxygen atoms in total. The van der Waals surface area contributed by atoms with Crippen molar-refractivity contribution in [1.29, 1.82) is 0 Å². The molecule has 0 amide bonds. The minimum absolute atomic E-state index is 0.139. The van der Waals surface area contributed by atoms with E-state index in [1.165, 1.54) is 38.4 Å². The van der Waals surface area contributed by atoms with Gasteiger partial charge in [-0.2, -0.15) is 18.2 Å². The van der Waals surface area contributed by atoms with Gasteiger partial charge in [-0.25, -0.2) is 19.9 Å². The van der Waals surface area contributed by atoms with Crippen LogP contribution in [0.4, 0.5) is 13.2 Å². The molecular weight excluding hydrogens is 501 g/mol. The summed E-state index contributed by atoms with van der Waals surface area (Å²) in [5.41, 5.74) is 2.67. The van der Waals surface area contributed by atoms with Crippen LogP contribution >= 0.6 is 0 Å². The molecule has 1 saturated carbocycles. The van der Waals surface area contributed by atoms with E-state index in [1.54, 1.807) is 12.1 Å². The molecule has 1 aromatic carbocycles. The van der Waals surface area contributed by atoms with Gasteiger partial charge in [0.1, 0.15) is 24.3 Å². The Morgan fingerprint density at radius 2 is 1.82 bits per heavy atom. The van der Waals surface area contributed by atoms with Crippen LogP contribution in [0.5, 0.6) is 17.5 Å². The predicted molar refractivity (Wildman–Crippen MR) is 131 cm³/mol. The molecule has 5 rings (SSSR count). The van der Waals surface area contributed by atoms with Gasteiger partial charge in [0.25, 0.3) is 5.88 Å². The molecule has 0 radical (unpaired) electrons. The van der Waals surface area contributed by atoms with Crippen LogP contribution in [0.15, 0.2) is 36.9 Å². The second kappa shape index (κ2) is 9.92. The Bertz CT molecular complexity index is 1480. The lowest BCUT2D eigenvalue weighted by atomic mass is 10.0. The van der Waals surface area contributed by atoms with Crippen molar-refractivity contribution in [1.82, 2.24) is 29.5 Å². The maximum atomic E-state index is 13.1. The number of nitrogens with zero attached hydrogens (tertiary/aromatic N) is 6. The third kappa shape index (κ3) is 4.98. The monoisotopic (exact) mass is 526 g/mol. The fraction of sp³-hybridized carbons (Fsp3) is 0.346. The quantitative estimate of drug-likeness (QED) is 0.312. The number of imidazole rings is 1. The van der Waals surface area contributed by atoms with Crippen LogP contribution in [0.2, 0.25) is 0 Å². The second-order valence-electron chi connectivity index (χ2n) is 8.98. The molecule has 3 heterocycles. The molecule has 3 aromatic heterocycles. The topological polar surface area (TPSA) is 97.1 Å². The molecule has 0 unspecified atom stereocenters. The van der Waals surface area contributed by atoms with Gasteiger partial charge in [0.05, 0.1) is 26.1 Å². The van der Waals surface area contributed by atoms with Crippen molar-refractivity contribution >= 4 is 0 Å². The van der Waals surface area contributed by atoms with Crippen LogP contribution in [0, 0.1) is 6.92 Å². The normalized spacial score (nSPS) is 13.4. The summed E-state index contributed by atoms with van der Waals surface area (Å²) in [4.78, 5) is 21.5. The highest BCUT2D eigenvalue weighted by Gasteiger charge is 2.35. The Balaban J connectivity index is 1.41. The first-order chi connectivity index (χ1) is 18.2. The van der Waals surface area contributed by atoms with Crippen molar-refractivity contribution < 1.29 is 27.4 Å². The van der Waals surface area contributed by atoms with Crippen molar-refractivity contribution in [2.24, 2.45) is 7.05 Å². The van der Waals surface area contributed by atoms with Gasteiger partial charge in [-0.1, -0.05) is 18.2 Å². The highest BCUT2D eigenvalue weighted by molar-refractivity contribution is 5.66. The van der Waals surface area contributed by atoms with Gasteiger partial charge in [-0.3, -0.25) is 0 Å². The van der Waals surface area contributed by atoms with E-state index in [-0.39, 0.29) is 18.3 Å². The van der Waals surface area contributed by atoms with E-state index in [0.717, 1.165) is 35.9 Å². The smallest absolute Gasteiger partial charge is 0.434 e. The minimum atomic E-state index is -4.51. The summed E-state index contributed by atoms with van der Waals surface area (Å²) in [6, 6.07) is 5.34. The first-order valence-corrected chi connectivity index (χ1v) is 11.8. The van der Waals surface area contributed by atoms with Crippen molar-refractivity contribution in [3.8, 4) is 40.3 Å². The van der Waals surface area contributed by atoms with Crippen molar-refractivity contribution in [3.63, 3.8) is 0 Å². The summed E-state index contributed by atoms with van der Waals surface area (Å²) in [6.45, 7) is 1.95. The molecule has 1 aliphatic rings. The third-order valence-corrected chi connectivity index (χ3v) is 6.24. The summed E-state index contributed by atoms with van der Waals surface area (Å²) in [7, 11) is 4.56. The Kier molecular flexibility index (Phi) is 6.64. The van der Waals surface area contributed by atoms with Gasteiger partial charge < -0.3 is 18.8 Å². The lowest BCUT2D eigenvalue weighted by molar-refractivity contribution is -0.140. The fourth-order valence-corrected chi connectivity index (χ4v) is 4.20. The summed E-state index contributed by atoms with van der Waals surface area (Å²) in [5, 5.41) is 0. The van der Waals surface area contributed by atoms with Crippen LogP contribution in [0.25, 0.3) is 22.8 Å². The van der Waals surface area contributed by atoms with Gasteiger partial charge in [0.15, 0.2) is 17.3 Å². The third-order valence-electron chi connectivity index (χ3n) is 6.24. The van der Waals surface area contributed by atoms with Gasteiger partial charge >= 0.3 is 6.18 Å². The number of aryl methyl sites for hydroxylation is 2. The van der Waals surface area contributed by atoms with E-state index in [0.29, 0.717) is 34.5 Å². The largest absolute Gasteiger partial charge is 0.490 e. The molecule has 0 bridgehead atoms. The fourth-order valence-electron chi connectivity index (χ4n) is 4.20. The molecule has 1 aliphatic carbocycles. The Morgan fingerprint density at radius 1 is 1.03 bits per heavy atom. The van der Waals surface area contributed by atoms with E-state index in [4.69, 9.17) is 14.2 Å². The summed E-state index contributed by atoms with van der Waals surface area (Å²) >= 11 is 0. The van der Waals surface area contributed by atoms with E-state index >= 15 is 0 Å². The van der Waals surface area contributed by atoms with Crippen LogP contribution in [-0.2, 0) is 19.8 Å². The van der Waals surface area contributed by atoms with E-state index in [9.17, 15) is 13.2 Å². The first kappa shape index (κ1) is 25.4. The molecule has 0 aliphatic heterocycles. The molecule has 38 heavy (non-hydrogen) atoms. The summed E-state index contributed by atoms with van der Waals surface area (Å²) in [6.07, 6.45) is 1.51. The zero-order chi connectivity index (χ0) is 27.0. The predicted octanol–water partition coefficient (Wildman–Crippen LogP) is 5.13. The van der Waals surface area contributed by atoms with Crippen LogP contribution in [-0.4, -0.2) is 43.7 Å².